The van der Waals surface area contributed by atoms with Gasteiger partial charge >= 0.3 is 5.97 Å². The molecule has 0 aliphatic heterocycles. The van der Waals surface area contributed by atoms with E-state index in [0.717, 1.165) is 0 Å². The Labute approximate surface area is 69.4 Å². The zero-order valence-corrected chi connectivity index (χ0v) is 6.44. The number of nitriles is 1. The van der Waals surface area contributed by atoms with E-state index in [9.17, 15) is 4.79 Å². The van der Waals surface area contributed by atoms with Gasteiger partial charge in [-0.3, -0.25) is 4.79 Å². The molecule has 0 saturated carbocycles. The third-order valence-corrected chi connectivity index (χ3v) is 1.13. The van der Waals surface area contributed by atoms with Crippen LogP contribution in [0.1, 0.15) is 12.6 Å². The molecule has 0 N–H and O–H groups in total. The summed E-state index contributed by atoms with van der Waals surface area (Å²) in [4.78, 5) is 14.2. The Balaban J connectivity index is 2.99. The SMILES string of the molecule is CC(=O)Oc1cccnc1C#N. The van der Waals surface area contributed by atoms with Crippen LogP contribution in [0.4, 0.5) is 0 Å². The summed E-state index contributed by atoms with van der Waals surface area (Å²) in [5.74, 6) is -0.257. The van der Waals surface area contributed by atoms with Gasteiger partial charge in [-0.1, -0.05) is 0 Å². The fraction of sp³-hybridized carbons (Fsp3) is 0.125. The lowest BCUT2D eigenvalue weighted by Crippen LogP contribution is -2.03. The van der Waals surface area contributed by atoms with E-state index >= 15 is 0 Å². The Bertz CT molecular complexity index is 341. The van der Waals surface area contributed by atoms with Gasteiger partial charge in [-0.15, -0.1) is 0 Å². The van der Waals surface area contributed by atoms with E-state index in [1.807, 2.05) is 6.07 Å². The summed E-state index contributed by atoms with van der Waals surface area (Å²) in [6.45, 7) is 1.27. The molecule has 1 aromatic rings. The highest BCUT2D eigenvalue weighted by Crippen LogP contribution is 2.13. The van der Waals surface area contributed by atoms with Crippen LogP contribution in [0.25, 0.3) is 0 Å². The third kappa shape index (κ3) is 1.80. The molecule has 0 fully saturated rings. The molecule has 1 rings (SSSR count). The second kappa shape index (κ2) is 3.49. The van der Waals surface area contributed by atoms with Gasteiger partial charge < -0.3 is 4.74 Å². The van der Waals surface area contributed by atoms with Gasteiger partial charge in [0, 0.05) is 13.1 Å². The van der Waals surface area contributed by atoms with Crippen LogP contribution in [0, 0.1) is 11.3 Å². The normalized spacial score (nSPS) is 8.67. The Kier molecular flexibility index (Phi) is 2.38. The number of aromatic nitrogens is 1. The summed E-state index contributed by atoms with van der Waals surface area (Å²) < 4.78 is 4.71. The van der Waals surface area contributed by atoms with Crippen LogP contribution in [-0.2, 0) is 4.79 Å². The number of ether oxygens (including phenoxy) is 1. The maximum Gasteiger partial charge on any atom is 0.308 e. The number of esters is 1. The van der Waals surface area contributed by atoms with Gasteiger partial charge in [0.1, 0.15) is 6.07 Å². The first-order valence-electron chi connectivity index (χ1n) is 3.27. The minimum atomic E-state index is -0.459. The first kappa shape index (κ1) is 8.21. The molecule has 0 bridgehead atoms. The summed E-state index contributed by atoms with van der Waals surface area (Å²) in [6, 6.07) is 4.93. The minimum absolute atomic E-state index is 0.118. The van der Waals surface area contributed by atoms with E-state index in [0.29, 0.717) is 0 Å². The highest BCUT2D eigenvalue weighted by atomic mass is 16.5. The molecule has 0 amide bonds. The molecule has 12 heavy (non-hydrogen) atoms. The Morgan fingerprint density at radius 3 is 3.08 bits per heavy atom. The van der Waals surface area contributed by atoms with E-state index in [1.54, 1.807) is 6.07 Å². The number of rotatable bonds is 1. The number of nitrogens with zero attached hydrogens (tertiary/aromatic N) is 2. The monoisotopic (exact) mass is 162 g/mol. The van der Waals surface area contributed by atoms with Crippen LogP contribution < -0.4 is 4.74 Å². The van der Waals surface area contributed by atoms with Gasteiger partial charge in [0.25, 0.3) is 0 Å². The minimum Gasteiger partial charge on any atom is -0.424 e. The van der Waals surface area contributed by atoms with Gasteiger partial charge in [0.15, 0.2) is 11.4 Å². The second-order valence-corrected chi connectivity index (χ2v) is 2.06. The van der Waals surface area contributed by atoms with Crippen LogP contribution in [-0.4, -0.2) is 11.0 Å². The molecule has 0 aromatic carbocycles. The van der Waals surface area contributed by atoms with Gasteiger partial charge in [-0.05, 0) is 12.1 Å². The lowest BCUT2D eigenvalue weighted by molar-refractivity contribution is -0.131. The molecule has 4 nitrogen and oxygen atoms in total. The topological polar surface area (TPSA) is 63.0 Å². The Morgan fingerprint density at radius 1 is 1.75 bits per heavy atom. The summed E-state index contributed by atoms with van der Waals surface area (Å²) in [6.07, 6.45) is 1.46. The second-order valence-electron chi connectivity index (χ2n) is 2.06. The molecular weight excluding hydrogens is 156 g/mol. The lowest BCUT2D eigenvalue weighted by atomic mass is 10.3. The molecule has 0 aliphatic carbocycles. The number of hydrogen-bond donors (Lipinski definition) is 0. The molecule has 1 aromatic heterocycles. The van der Waals surface area contributed by atoms with Crippen LogP contribution in [0.3, 0.4) is 0 Å². The highest BCUT2D eigenvalue weighted by Gasteiger charge is 2.04. The molecule has 0 spiro atoms. The van der Waals surface area contributed by atoms with Crippen molar-refractivity contribution in [2.45, 2.75) is 6.92 Å². The van der Waals surface area contributed by atoms with E-state index in [1.165, 1.54) is 19.2 Å². The first-order chi connectivity index (χ1) is 5.74. The van der Waals surface area contributed by atoms with Crippen molar-refractivity contribution < 1.29 is 9.53 Å². The van der Waals surface area contributed by atoms with Crippen molar-refractivity contribution in [2.24, 2.45) is 0 Å². The summed E-state index contributed by atoms with van der Waals surface area (Å²) in [7, 11) is 0. The molecule has 1 heterocycles. The number of pyridine rings is 1. The maximum absolute atomic E-state index is 10.5. The summed E-state index contributed by atoms with van der Waals surface area (Å²) >= 11 is 0. The molecule has 0 aliphatic rings. The van der Waals surface area contributed by atoms with Crippen molar-refractivity contribution in [1.29, 1.82) is 5.26 Å². The number of carbonyl (C=O) groups is 1. The lowest BCUT2D eigenvalue weighted by Gasteiger charge is -2.00. The van der Waals surface area contributed by atoms with Gasteiger partial charge in [0.2, 0.25) is 0 Å². The first-order valence-corrected chi connectivity index (χ1v) is 3.27. The fourth-order valence-electron chi connectivity index (χ4n) is 0.712. The third-order valence-electron chi connectivity index (χ3n) is 1.13. The van der Waals surface area contributed by atoms with Crippen molar-refractivity contribution in [2.75, 3.05) is 0 Å². The highest BCUT2D eigenvalue weighted by molar-refractivity contribution is 5.69. The van der Waals surface area contributed by atoms with Crippen molar-refractivity contribution in [3.05, 3.63) is 24.0 Å². The molecule has 0 atom stereocenters. The average molecular weight is 162 g/mol. The van der Waals surface area contributed by atoms with E-state index in [-0.39, 0.29) is 11.4 Å². The molecule has 0 radical (unpaired) electrons. The van der Waals surface area contributed by atoms with Gasteiger partial charge in [0.05, 0.1) is 0 Å². The summed E-state index contributed by atoms with van der Waals surface area (Å²) in [5, 5.41) is 8.53. The van der Waals surface area contributed by atoms with E-state index in [4.69, 9.17) is 10.00 Å². The van der Waals surface area contributed by atoms with Gasteiger partial charge in [-0.25, -0.2) is 4.98 Å². The number of hydrogen-bond acceptors (Lipinski definition) is 4. The maximum atomic E-state index is 10.5. The Hall–Kier alpha value is -1.89. The van der Waals surface area contributed by atoms with E-state index < -0.39 is 5.97 Å². The molecular formula is C8H6N2O2. The van der Waals surface area contributed by atoms with Crippen molar-refractivity contribution in [1.82, 2.24) is 4.98 Å². The van der Waals surface area contributed by atoms with Crippen LogP contribution in [0.2, 0.25) is 0 Å². The zero-order chi connectivity index (χ0) is 8.97. The quantitative estimate of drug-likeness (QED) is 0.575. The molecule has 60 valence electrons. The number of carbonyl (C=O) groups excluding carboxylic acids is 1. The van der Waals surface area contributed by atoms with Crippen LogP contribution in [0.5, 0.6) is 5.75 Å². The summed E-state index contributed by atoms with van der Waals surface area (Å²) in [5.41, 5.74) is 0.118. The molecule has 0 saturated heterocycles. The molecule has 4 heteroatoms. The van der Waals surface area contributed by atoms with Crippen LogP contribution >= 0.6 is 0 Å². The van der Waals surface area contributed by atoms with Crippen molar-refractivity contribution >= 4 is 5.97 Å². The van der Waals surface area contributed by atoms with Crippen LogP contribution in [0.15, 0.2) is 18.3 Å². The van der Waals surface area contributed by atoms with E-state index in [2.05, 4.69) is 4.98 Å². The largest absolute Gasteiger partial charge is 0.424 e. The predicted molar refractivity (Wildman–Crippen MR) is 40.3 cm³/mol. The fourth-order valence-corrected chi connectivity index (χ4v) is 0.712. The molecule has 0 unspecified atom stereocenters. The average Bonchev–Trinajstić information content (AvgIpc) is 2.04. The standard InChI is InChI=1S/C8H6N2O2/c1-6(11)12-8-3-2-4-10-7(8)5-9/h2-4H,1H3. The van der Waals surface area contributed by atoms with Gasteiger partial charge in [-0.2, -0.15) is 5.26 Å². The smallest absolute Gasteiger partial charge is 0.308 e. The predicted octanol–water partition coefficient (Wildman–Crippen LogP) is 0.879. The van der Waals surface area contributed by atoms with Crippen molar-refractivity contribution in [3.63, 3.8) is 0 Å². The van der Waals surface area contributed by atoms with Crippen molar-refractivity contribution in [3.8, 4) is 11.8 Å². The zero-order valence-electron chi connectivity index (χ0n) is 6.44. The Morgan fingerprint density at radius 2 is 2.50 bits per heavy atom.